The Bertz CT molecular complexity index is 411. The fraction of sp³-hybridized carbons (Fsp3) is 0.562. The second-order valence-electron chi connectivity index (χ2n) is 5.47. The van der Waals surface area contributed by atoms with Gasteiger partial charge >= 0.3 is 0 Å². The Balaban J connectivity index is 1.59. The lowest BCUT2D eigenvalue weighted by Crippen LogP contribution is -2.30. The molecule has 1 aromatic carbocycles. The molecule has 2 rings (SSSR count). The molecule has 2 N–H and O–H groups in total. The Labute approximate surface area is 120 Å². The molecule has 0 bridgehead atoms. The van der Waals surface area contributed by atoms with Gasteiger partial charge < -0.3 is 15.4 Å². The normalized spacial score (nSPS) is 18.8. The summed E-state index contributed by atoms with van der Waals surface area (Å²) in [6.07, 6.45) is 3.55. The van der Waals surface area contributed by atoms with Crippen LogP contribution in [0.4, 0.5) is 5.69 Å². The number of hydrogen-bond donors (Lipinski definition) is 2. The van der Waals surface area contributed by atoms with E-state index in [0.717, 1.165) is 25.2 Å². The molecule has 1 fully saturated rings. The molecule has 1 aliphatic rings. The minimum Gasteiger partial charge on any atom is -0.372 e. The van der Waals surface area contributed by atoms with E-state index in [2.05, 4.69) is 10.6 Å². The third-order valence-corrected chi connectivity index (χ3v) is 3.64. The average Bonchev–Trinajstić information content (AvgIpc) is 2.47. The first-order valence-electron chi connectivity index (χ1n) is 7.39. The molecule has 0 saturated carbocycles. The number of hydrogen-bond acceptors (Lipinski definition) is 3. The molecule has 0 aromatic heterocycles. The highest BCUT2D eigenvalue weighted by Gasteiger charge is 2.12. The van der Waals surface area contributed by atoms with E-state index >= 15 is 0 Å². The summed E-state index contributed by atoms with van der Waals surface area (Å²) in [7, 11) is 0. The van der Waals surface area contributed by atoms with E-state index < -0.39 is 0 Å². The first-order valence-corrected chi connectivity index (χ1v) is 7.39. The topological polar surface area (TPSA) is 50.4 Å². The molecule has 1 heterocycles. The van der Waals surface area contributed by atoms with Crippen LogP contribution in [0.2, 0.25) is 0 Å². The van der Waals surface area contributed by atoms with Crippen LogP contribution in [0.25, 0.3) is 0 Å². The fourth-order valence-electron chi connectivity index (χ4n) is 2.42. The van der Waals surface area contributed by atoms with Crippen LogP contribution >= 0.6 is 0 Å². The Morgan fingerprint density at radius 1 is 1.40 bits per heavy atom. The zero-order valence-electron chi connectivity index (χ0n) is 12.2. The van der Waals surface area contributed by atoms with Crippen molar-refractivity contribution in [1.29, 1.82) is 0 Å². The van der Waals surface area contributed by atoms with Crippen molar-refractivity contribution in [1.82, 2.24) is 5.32 Å². The number of aryl methyl sites for hydroxylation is 1. The van der Waals surface area contributed by atoms with E-state index in [-0.39, 0.29) is 12.5 Å². The van der Waals surface area contributed by atoms with Gasteiger partial charge in [-0.1, -0.05) is 17.7 Å². The van der Waals surface area contributed by atoms with E-state index in [9.17, 15) is 4.79 Å². The summed E-state index contributed by atoms with van der Waals surface area (Å²) in [6, 6.07) is 7.76. The third-order valence-electron chi connectivity index (χ3n) is 3.64. The first kappa shape index (κ1) is 15.0. The number of benzene rings is 1. The largest absolute Gasteiger partial charge is 0.372 e. The highest BCUT2D eigenvalue weighted by atomic mass is 16.5. The summed E-state index contributed by atoms with van der Waals surface area (Å²) in [6.45, 7) is 5.03. The lowest BCUT2D eigenvalue weighted by molar-refractivity contribution is -0.120. The summed E-state index contributed by atoms with van der Waals surface area (Å²) in [5.41, 5.74) is 2.00. The summed E-state index contributed by atoms with van der Waals surface area (Å²) >= 11 is 0. The third kappa shape index (κ3) is 5.31. The van der Waals surface area contributed by atoms with Crippen LogP contribution in [0.5, 0.6) is 0 Å². The lowest BCUT2D eigenvalue weighted by Gasteiger charge is -2.22. The van der Waals surface area contributed by atoms with Crippen LogP contribution in [0, 0.1) is 12.8 Å². The molecule has 20 heavy (non-hydrogen) atoms. The molecule has 4 heteroatoms. The van der Waals surface area contributed by atoms with Gasteiger partial charge in [0.05, 0.1) is 0 Å². The maximum absolute atomic E-state index is 11.7. The second-order valence-corrected chi connectivity index (χ2v) is 5.47. The molecule has 0 radical (unpaired) electrons. The maximum Gasteiger partial charge on any atom is 0.250 e. The van der Waals surface area contributed by atoms with E-state index in [1.54, 1.807) is 0 Å². The van der Waals surface area contributed by atoms with Gasteiger partial charge in [-0.25, -0.2) is 0 Å². The van der Waals surface area contributed by atoms with Gasteiger partial charge in [0.25, 0.3) is 0 Å². The molecule has 1 unspecified atom stereocenters. The average molecular weight is 276 g/mol. The zero-order valence-corrected chi connectivity index (χ0v) is 12.2. The summed E-state index contributed by atoms with van der Waals surface area (Å²) in [5, 5.41) is 6.22. The SMILES string of the molecule is Cc1ccc(NC(=O)COCCC2CCCNC2)cc1. The van der Waals surface area contributed by atoms with Crippen molar-refractivity contribution in [2.75, 3.05) is 31.6 Å². The van der Waals surface area contributed by atoms with E-state index in [4.69, 9.17) is 4.74 Å². The quantitative estimate of drug-likeness (QED) is 0.784. The van der Waals surface area contributed by atoms with Gasteiger partial charge in [-0.2, -0.15) is 0 Å². The van der Waals surface area contributed by atoms with Crippen LogP contribution in [-0.4, -0.2) is 32.2 Å². The lowest BCUT2D eigenvalue weighted by atomic mass is 9.97. The number of piperidine rings is 1. The highest BCUT2D eigenvalue weighted by molar-refractivity contribution is 5.91. The molecule has 0 aliphatic carbocycles. The summed E-state index contributed by atoms with van der Waals surface area (Å²) < 4.78 is 5.45. The molecular weight excluding hydrogens is 252 g/mol. The molecule has 1 amide bonds. The number of carbonyl (C=O) groups is 1. The van der Waals surface area contributed by atoms with E-state index in [0.29, 0.717) is 12.5 Å². The van der Waals surface area contributed by atoms with Gasteiger partial charge in [-0.3, -0.25) is 4.79 Å². The molecule has 110 valence electrons. The van der Waals surface area contributed by atoms with Crippen molar-refractivity contribution in [3.63, 3.8) is 0 Å². The molecule has 1 saturated heterocycles. The van der Waals surface area contributed by atoms with Crippen LogP contribution < -0.4 is 10.6 Å². The predicted molar refractivity (Wildman–Crippen MR) is 80.8 cm³/mol. The number of amides is 1. The Morgan fingerprint density at radius 2 is 2.20 bits per heavy atom. The van der Waals surface area contributed by atoms with Crippen molar-refractivity contribution in [3.05, 3.63) is 29.8 Å². The van der Waals surface area contributed by atoms with Crippen molar-refractivity contribution in [3.8, 4) is 0 Å². The number of carbonyl (C=O) groups excluding carboxylic acids is 1. The Kier molecular flexibility index (Phi) is 6.02. The number of nitrogens with one attached hydrogen (secondary N) is 2. The van der Waals surface area contributed by atoms with Crippen molar-refractivity contribution < 1.29 is 9.53 Å². The highest BCUT2D eigenvalue weighted by Crippen LogP contribution is 2.13. The summed E-state index contributed by atoms with van der Waals surface area (Å²) in [4.78, 5) is 11.7. The minimum absolute atomic E-state index is 0.0874. The van der Waals surface area contributed by atoms with Gasteiger partial charge in [0.15, 0.2) is 0 Å². The van der Waals surface area contributed by atoms with Crippen molar-refractivity contribution >= 4 is 11.6 Å². The van der Waals surface area contributed by atoms with Crippen molar-refractivity contribution in [2.24, 2.45) is 5.92 Å². The number of anilines is 1. The summed E-state index contributed by atoms with van der Waals surface area (Å²) in [5.74, 6) is 0.611. The molecule has 0 spiro atoms. The van der Waals surface area contributed by atoms with Gasteiger partial charge in [0.2, 0.25) is 5.91 Å². The zero-order chi connectivity index (χ0) is 14.2. The predicted octanol–water partition coefficient (Wildman–Crippen LogP) is 2.34. The number of rotatable bonds is 6. The molecular formula is C16H24N2O2. The second kappa shape index (κ2) is 8.02. The smallest absolute Gasteiger partial charge is 0.250 e. The van der Waals surface area contributed by atoms with Gasteiger partial charge in [-0.05, 0) is 57.3 Å². The standard InChI is InChI=1S/C16H24N2O2/c1-13-4-6-15(7-5-13)18-16(19)12-20-10-8-14-3-2-9-17-11-14/h4-7,14,17H,2-3,8-12H2,1H3,(H,18,19). The first-order chi connectivity index (χ1) is 9.74. The van der Waals surface area contributed by atoms with Crippen LogP contribution in [0.15, 0.2) is 24.3 Å². The fourth-order valence-corrected chi connectivity index (χ4v) is 2.42. The Hall–Kier alpha value is -1.39. The molecule has 1 atom stereocenters. The van der Waals surface area contributed by atoms with Gasteiger partial charge in [0, 0.05) is 12.3 Å². The Morgan fingerprint density at radius 3 is 2.90 bits per heavy atom. The van der Waals surface area contributed by atoms with Crippen molar-refractivity contribution in [2.45, 2.75) is 26.2 Å². The molecule has 4 nitrogen and oxygen atoms in total. The van der Waals surface area contributed by atoms with Crippen LogP contribution in [0.1, 0.15) is 24.8 Å². The number of ether oxygens (including phenoxy) is 1. The van der Waals surface area contributed by atoms with Gasteiger partial charge in [-0.15, -0.1) is 0 Å². The van der Waals surface area contributed by atoms with Crippen LogP contribution in [0.3, 0.4) is 0 Å². The van der Waals surface area contributed by atoms with Crippen LogP contribution in [-0.2, 0) is 9.53 Å². The molecule has 1 aliphatic heterocycles. The van der Waals surface area contributed by atoms with E-state index in [1.807, 2.05) is 31.2 Å². The monoisotopic (exact) mass is 276 g/mol. The minimum atomic E-state index is -0.0874. The maximum atomic E-state index is 11.7. The van der Waals surface area contributed by atoms with Gasteiger partial charge in [0.1, 0.15) is 6.61 Å². The molecule has 1 aromatic rings. The van der Waals surface area contributed by atoms with E-state index in [1.165, 1.54) is 18.4 Å².